The Kier molecular flexibility index (Phi) is 4.60. The number of hydrogen-bond acceptors (Lipinski definition) is 2. The van der Waals surface area contributed by atoms with Gasteiger partial charge in [0.05, 0.1) is 6.10 Å². The maximum absolute atomic E-state index is 6.00. The van der Waals surface area contributed by atoms with Gasteiger partial charge in [-0.15, -0.1) is 0 Å². The number of nitrogens with one attached hydrogen (secondary N) is 1. The van der Waals surface area contributed by atoms with Gasteiger partial charge in [-0.25, -0.2) is 0 Å². The van der Waals surface area contributed by atoms with Gasteiger partial charge in [0, 0.05) is 18.1 Å². The van der Waals surface area contributed by atoms with Crippen molar-refractivity contribution in [2.24, 2.45) is 11.3 Å². The fraction of sp³-hybridized carbons (Fsp3) is 1.00. The molecule has 0 spiro atoms. The van der Waals surface area contributed by atoms with Gasteiger partial charge in [-0.05, 0) is 25.8 Å². The molecule has 90 valence electrons. The van der Waals surface area contributed by atoms with Crippen LogP contribution in [-0.2, 0) is 4.74 Å². The van der Waals surface area contributed by atoms with Crippen LogP contribution in [0.3, 0.4) is 0 Å². The first-order valence-electron chi connectivity index (χ1n) is 6.31. The molecular weight excluding hydrogens is 186 g/mol. The lowest BCUT2D eigenvalue weighted by molar-refractivity contribution is -0.123. The molecule has 15 heavy (non-hydrogen) atoms. The van der Waals surface area contributed by atoms with E-state index in [-0.39, 0.29) is 0 Å². The molecule has 0 amide bonds. The maximum atomic E-state index is 6.00. The van der Waals surface area contributed by atoms with Crippen LogP contribution < -0.4 is 5.32 Å². The molecule has 1 aliphatic carbocycles. The molecule has 0 aromatic carbocycles. The summed E-state index contributed by atoms with van der Waals surface area (Å²) in [6, 6.07) is 0.629. The molecular formula is C13H27NO. The molecule has 1 N–H and O–H groups in total. The third-order valence-corrected chi connectivity index (χ3v) is 3.89. The first kappa shape index (κ1) is 13.0. The van der Waals surface area contributed by atoms with Crippen LogP contribution in [0.25, 0.3) is 0 Å². The quantitative estimate of drug-likeness (QED) is 0.732. The summed E-state index contributed by atoms with van der Waals surface area (Å²) >= 11 is 0. The van der Waals surface area contributed by atoms with Gasteiger partial charge in [0.2, 0.25) is 0 Å². The number of ether oxygens (including phenoxy) is 1. The minimum Gasteiger partial charge on any atom is -0.377 e. The second-order valence-corrected chi connectivity index (χ2v) is 5.61. The molecule has 0 bridgehead atoms. The van der Waals surface area contributed by atoms with Crippen LogP contribution in [0.2, 0.25) is 0 Å². The van der Waals surface area contributed by atoms with E-state index < -0.39 is 0 Å². The molecule has 3 unspecified atom stereocenters. The van der Waals surface area contributed by atoms with Crippen LogP contribution in [0.4, 0.5) is 0 Å². The molecule has 1 aliphatic rings. The summed E-state index contributed by atoms with van der Waals surface area (Å²) in [7, 11) is 2.04. The molecule has 1 rings (SSSR count). The van der Waals surface area contributed by atoms with Gasteiger partial charge < -0.3 is 10.1 Å². The van der Waals surface area contributed by atoms with Crippen molar-refractivity contribution in [1.29, 1.82) is 0 Å². The Morgan fingerprint density at radius 3 is 2.60 bits per heavy atom. The largest absolute Gasteiger partial charge is 0.377 e. The van der Waals surface area contributed by atoms with Crippen LogP contribution in [0, 0.1) is 11.3 Å². The zero-order valence-corrected chi connectivity index (χ0v) is 11.0. The average Bonchev–Trinajstić information content (AvgIpc) is 2.17. The third kappa shape index (κ3) is 2.94. The Morgan fingerprint density at radius 1 is 1.47 bits per heavy atom. The van der Waals surface area contributed by atoms with E-state index in [0.29, 0.717) is 23.5 Å². The molecule has 0 heterocycles. The fourth-order valence-corrected chi connectivity index (χ4v) is 2.51. The molecule has 0 aliphatic heterocycles. The molecule has 0 saturated heterocycles. The lowest BCUT2D eigenvalue weighted by atomic mass is 9.64. The lowest BCUT2D eigenvalue weighted by Gasteiger charge is -2.51. The predicted octanol–water partition coefficient (Wildman–Crippen LogP) is 2.83. The maximum Gasteiger partial charge on any atom is 0.0656 e. The summed E-state index contributed by atoms with van der Waals surface area (Å²) in [5, 5.41) is 3.35. The highest BCUT2D eigenvalue weighted by Crippen LogP contribution is 2.42. The van der Waals surface area contributed by atoms with Crippen molar-refractivity contribution in [2.75, 3.05) is 13.7 Å². The van der Waals surface area contributed by atoms with Gasteiger partial charge in [0.15, 0.2) is 0 Å². The summed E-state index contributed by atoms with van der Waals surface area (Å²) in [6.45, 7) is 10.0. The van der Waals surface area contributed by atoms with Crippen molar-refractivity contribution < 1.29 is 4.74 Å². The predicted molar refractivity (Wildman–Crippen MR) is 65.1 cm³/mol. The monoisotopic (exact) mass is 213 g/mol. The van der Waals surface area contributed by atoms with Crippen molar-refractivity contribution in [3.63, 3.8) is 0 Å². The fourth-order valence-electron chi connectivity index (χ4n) is 2.51. The first-order valence-corrected chi connectivity index (χ1v) is 6.31. The Hall–Kier alpha value is -0.0800. The van der Waals surface area contributed by atoms with E-state index in [2.05, 4.69) is 33.0 Å². The minimum atomic E-state index is 0.306. The Morgan fingerprint density at radius 2 is 2.13 bits per heavy atom. The highest BCUT2D eigenvalue weighted by Gasteiger charge is 2.48. The van der Waals surface area contributed by atoms with Crippen LogP contribution in [0.1, 0.15) is 47.0 Å². The smallest absolute Gasteiger partial charge is 0.0656 e. The van der Waals surface area contributed by atoms with Crippen molar-refractivity contribution in [1.82, 2.24) is 5.32 Å². The molecule has 0 radical (unpaired) electrons. The molecule has 2 nitrogen and oxygen atoms in total. The van der Waals surface area contributed by atoms with E-state index in [0.717, 1.165) is 6.61 Å². The zero-order valence-electron chi connectivity index (χ0n) is 11.0. The highest BCUT2D eigenvalue weighted by atomic mass is 16.5. The van der Waals surface area contributed by atoms with Crippen molar-refractivity contribution in [2.45, 2.75) is 59.1 Å². The Bertz CT molecular complexity index is 191. The molecule has 2 heteroatoms. The molecule has 3 atom stereocenters. The second kappa shape index (κ2) is 5.31. The summed E-state index contributed by atoms with van der Waals surface area (Å²) < 4.78 is 6.00. The van der Waals surface area contributed by atoms with Crippen molar-refractivity contribution in [3.8, 4) is 0 Å². The van der Waals surface area contributed by atoms with Gasteiger partial charge >= 0.3 is 0 Å². The Balaban J connectivity index is 2.24. The molecule has 0 aromatic heterocycles. The molecule has 1 saturated carbocycles. The van der Waals surface area contributed by atoms with E-state index in [9.17, 15) is 0 Å². The zero-order chi connectivity index (χ0) is 11.5. The van der Waals surface area contributed by atoms with Gasteiger partial charge in [0.1, 0.15) is 0 Å². The third-order valence-electron chi connectivity index (χ3n) is 3.89. The summed E-state index contributed by atoms with van der Waals surface area (Å²) in [4.78, 5) is 0. The lowest BCUT2D eigenvalue weighted by Crippen LogP contribution is -2.60. The highest BCUT2D eigenvalue weighted by molar-refractivity contribution is 5.02. The van der Waals surface area contributed by atoms with E-state index in [1.165, 1.54) is 19.3 Å². The van der Waals surface area contributed by atoms with E-state index in [1.807, 2.05) is 7.05 Å². The van der Waals surface area contributed by atoms with E-state index >= 15 is 0 Å². The summed E-state index contributed by atoms with van der Waals surface area (Å²) in [5.41, 5.74) is 0.306. The summed E-state index contributed by atoms with van der Waals surface area (Å²) in [6.07, 6.45) is 4.16. The standard InChI is InChI=1S/C13H27NO/c1-6-7-10(2)9-15-12-8-11(14-5)13(12,3)4/h10-12,14H,6-9H2,1-5H3. The second-order valence-electron chi connectivity index (χ2n) is 5.61. The van der Waals surface area contributed by atoms with E-state index in [4.69, 9.17) is 4.74 Å². The molecule has 0 aromatic rings. The topological polar surface area (TPSA) is 21.3 Å². The minimum absolute atomic E-state index is 0.306. The number of rotatable bonds is 6. The van der Waals surface area contributed by atoms with E-state index in [1.54, 1.807) is 0 Å². The SMILES string of the molecule is CCCC(C)COC1CC(NC)C1(C)C. The van der Waals surface area contributed by atoms with Gasteiger partial charge in [-0.1, -0.05) is 34.1 Å². The normalized spacial score (nSPS) is 31.0. The average molecular weight is 213 g/mol. The Labute approximate surface area is 94.8 Å². The molecule has 1 fully saturated rings. The van der Waals surface area contributed by atoms with Gasteiger partial charge in [-0.2, -0.15) is 0 Å². The van der Waals surface area contributed by atoms with Crippen LogP contribution in [-0.4, -0.2) is 25.8 Å². The summed E-state index contributed by atoms with van der Waals surface area (Å²) in [5.74, 6) is 0.708. The van der Waals surface area contributed by atoms with Crippen molar-refractivity contribution in [3.05, 3.63) is 0 Å². The van der Waals surface area contributed by atoms with Crippen LogP contribution in [0.15, 0.2) is 0 Å². The van der Waals surface area contributed by atoms with Gasteiger partial charge in [0.25, 0.3) is 0 Å². The van der Waals surface area contributed by atoms with Gasteiger partial charge in [-0.3, -0.25) is 0 Å². The van der Waals surface area contributed by atoms with Crippen molar-refractivity contribution >= 4 is 0 Å². The number of hydrogen-bond donors (Lipinski definition) is 1. The first-order chi connectivity index (χ1) is 7.02. The van der Waals surface area contributed by atoms with Crippen LogP contribution in [0.5, 0.6) is 0 Å². The van der Waals surface area contributed by atoms with Crippen LogP contribution >= 0.6 is 0 Å².